The van der Waals surface area contributed by atoms with E-state index in [1.807, 2.05) is 6.92 Å². The lowest BCUT2D eigenvalue weighted by molar-refractivity contribution is 0.0600. The number of ether oxygens (including phenoxy) is 2. The number of hydrogen-bond donors (Lipinski definition) is 2. The summed E-state index contributed by atoms with van der Waals surface area (Å²) in [6, 6.07) is 18.3. The summed E-state index contributed by atoms with van der Waals surface area (Å²) in [5.74, 6) is -0.454. The Kier molecular flexibility index (Phi) is 8.27. The van der Waals surface area contributed by atoms with Gasteiger partial charge in [-0.3, -0.25) is 9.59 Å². The van der Waals surface area contributed by atoms with Crippen molar-refractivity contribution in [3.8, 4) is 5.75 Å². The lowest BCUT2D eigenvalue weighted by atomic mass is 10.0. The van der Waals surface area contributed by atoms with Crippen LogP contribution in [0.1, 0.15) is 55.2 Å². The van der Waals surface area contributed by atoms with Gasteiger partial charge in [0.25, 0.3) is 11.8 Å². The van der Waals surface area contributed by atoms with Crippen LogP contribution in [0.5, 0.6) is 5.75 Å². The number of halogens is 1. The first-order valence-electron chi connectivity index (χ1n) is 10.5. The minimum atomic E-state index is -0.423. The van der Waals surface area contributed by atoms with Crippen molar-refractivity contribution in [2.24, 2.45) is 0 Å². The molecule has 7 nitrogen and oxygen atoms in total. The van der Waals surface area contributed by atoms with E-state index in [0.29, 0.717) is 33.0 Å². The van der Waals surface area contributed by atoms with E-state index in [-0.39, 0.29) is 24.5 Å². The van der Waals surface area contributed by atoms with E-state index < -0.39 is 5.97 Å². The van der Waals surface area contributed by atoms with Crippen molar-refractivity contribution in [1.29, 1.82) is 0 Å². The quantitative estimate of drug-likeness (QED) is 0.461. The van der Waals surface area contributed by atoms with Gasteiger partial charge in [-0.2, -0.15) is 0 Å². The summed E-state index contributed by atoms with van der Waals surface area (Å²) >= 11 is 6.15. The number of carbonyl (C=O) groups is 3. The van der Waals surface area contributed by atoms with Crippen LogP contribution >= 0.6 is 11.6 Å². The molecule has 0 aliphatic carbocycles. The van der Waals surface area contributed by atoms with Crippen LogP contribution in [0.3, 0.4) is 0 Å². The third kappa shape index (κ3) is 6.14. The number of nitrogens with one attached hydrogen (secondary N) is 2. The van der Waals surface area contributed by atoms with Crippen LogP contribution in [0.15, 0.2) is 66.7 Å². The van der Waals surface area contributed by atoms with Gasteiger partial charge in [0, 0.05) is 28.8 Å². The van der Waals surface area contributed by atoms with Gasteiger partial charge in [0.2, 0.25) is 0 Å². The van der Waals surface area contributed by atoms with Crippen molar-refractivity contribution in [3.63, 3.8) is 0 Å². The first-order valence-corrected chi connectivity index (χ1v) is 10.9. The standard InChI is InChI=1S/C26H25ClN2O5/c1-16(17-7-9-18(10-8-17)26(32)33-3)29-25(31)23-14-21(27)12-11-20(23)15-34-22-6-4-5-19(13-22)24(30)28-2/h4-14,16H,15H2,1-3H3,(H,28,30)(H,29,31)/t16-/m0/s1. The molecule has 2 amide bonds. The summed E-state index contributed by atoms with van der Waals surface area (Å²) in [6.07, 6.45) is 0. The van der Waals surface area contributed by atoms with Crippen LogP contribution < -0.4 is 15.4 Å². The Hall–Kier alpha value is -3.84. The largest absolute Gasteiger partial charge is 0.489 e. The van der Waals surface area contributed by atoms with Gasteiger partial charge in [-0.25, -0.2) is 4.79 Å². The van der Waals surface area contributed by atoms with E-state index in [2.05, 4.69) is 10.6 Å². The second-order valence-corrected chi connectivity index (χ2v) is 7.94. The minimum Gasteiger partial charge on any atom is -0.489 e. The molecule has 176 valence electrons. The van der Waals surface area contributed by atoms with Gasteiger partial charge < -0.3 is 20.1 Å². The fourth-order valence-electron chi connectivity index (χ4n) is 3.30. The van der Waals surface area contributed by atoms with Crippen molar-refractivity contribution in [2.75, 3.05) is 14.2 Å². The molecule has 0 heterocycles. The number of hydrogen-bond acceptors (Lipinski definition) is 5. The number of carbonyl (C=O) groups excluding carboxylic acids is 3. The Morgan fingerprint density at radius 2 is 1.68 bits per heavy atom. The van der Waals surface area contributed by atoms with Crippen molar-refractivity contribution < 1.29 is 23.9 Å². The normalized spacial score (nSPS) is 11.3. The van der Waals surface area contributed by atoms with Gasteiger partial charge in [0.15, 0.2) is 0 Å². The highest BCUT2D eigenvalue weighted by molar-refractivity contribution is 6.31. The van der Waals surface area contributed by atoms with E-state index in [1.54, 1.807) is 73.8 Å². The van der Waals surface area contributed by atoms with Crippen LogP contribution in [0.2, 0.25) is 5.02 Å². The SMILES string of the molecule is CNC(=O)c1cccc(OCc2ccc(Cl)cc2C(=O)N[C@@H](C)c2ccc(C(=O)OC)cc2)c1. The van der Waals surface area contributed by atoms with Crippen LogP contribution in [-0.2, 0) is 11.3 Å². The van der Waals surface area contributed by atoms with Gasteiger partial charge in [0.1, 0.15) is 12.4 Å². The second kappa shape index (κ2) is 11.3. The van der Waals surface area contributed by atoms with Gasteiger partial charge in [0.05, 0.1) is 18.7 Å². The van der Waals surface area contributed by atoms with Crippen molar-refractivity contribution in [1.82, 2.24) is 10.6 Å². The minimum absolute atomic E-state index is 0.110. The summed E-state index contributed by atoms with van der Waals surface area (Å²) in [5, 5.41) is 5.94. The van der Waals surface area contributed by atoms with Crippen LogP contribution in [-0.4, -0.2) is 31.9 Å². The predicted molar refractivity (Wildman–Crippen MR) is 129 cm³/mol. The zero-order chi connectivity index (χ0) is 24.7. The zero-order valence-electron chi connectivity index (χ0n) is 19.1. The van der Waals surface area contributed by atoms with Crippen molar-refractivity contribution >= 4 is 29.4 Å². The summed E-state index contributed by atoms with van der Waals surface area (Å²) in [6.45, 7) is 1.95. The molecule has 34 heavy (non-hydrogen) atoms. The maximum absolute atomic E-state index is 13.1. The first-order chi connectivity index (χ1) is 16.3. The van der Waals surface area contributed by atoms with E-state index in [4.69, 9.17) is 21.1 Å². The Labute approximate surface area is 203 Å². The average molecular weight is 481 g/mol. The molecule has 0 saturated heterocycles. The Morgan fingerprint density at radius 3 is 2.35 bits per heavy atom. The highest BCUT2D eigenvalue weighted by Crippen LogP contribution is 2.22. The number of methoxy groups -OCH3 is 1. The fourth-order valence-corrected chi connectivity index (χ4v) is 3.47. The molecule has 3 aromatic carbocycles. The number of rotatable bonds is 8. The zero-order valence-corrected chi connectivity index (χ0v) is 19.8. The molecular formula is C26H25ClN2O5. The molecule has 0 fully saturated rings. The molecule has 8 heteroatoms. The van der Waals surface area contributed by atoms with Crippen LogP contribution in [0.25, 0.3) is 0 Å². The smallest absolute Gasteiger partial charge is 0.337 e. The summed E-state index contributed by atoms with van der Waals surface area (Å²) < 4.78 is 10.6. The maximum atomic E-state index is 13.1. The number of esters is 1. The fraction of sp³-hybridized carbons (Fsp3) is 0.192. The first kappa shape index (κ1) is 24.8. The molecule has 0 aliphatic heterocycles. The average Bonchev–Trinajstić information content (AvgIpc) is 2.87. The Bertz CT molecular complexity index is 1190. The number of benzene rings is 3. The molecule has 0 unspecified atom stereocenters. The Morgan fingerprint density at radius 1 is 0.941 bits per heavy atom. The molecule has 1 atom stereocenters. The van der Waals surface area contributed by atoms with Gasteiger partial charge >= 0.3 is 5.97 Å². The monoisotopic (exact) mass is 480 g/mol. The molecule has 0 spiro atoms. The highest BCUT2D eigenvalue weighted by Gasteiger charge is 2.17. The van der Waals surface area contributed by atoms with E-state index in [0.717, 1.165) is 5.56 Å². The molecule has 2 N–H and O–H groups in total. The topological polar surface area (TPSA) is 93.7 Å². The van der Waals surface area contributed by atoms with Gasteiger partial charge in [-0.1, -0.05) is 35.9 Å². The molecule has 3 aromatic rings. The molecule has 0 aromatic heterocycles. The molecule has 0 aliphatic rings. The Balaban J connectivity index is 1.73. The number of amides is 2. The van der Waals surface area contributed by atoms with Gasteiger partial charge in [-0.05, 0) is 55.0 Å². The third-order valence-electron chi connectivity index (χ3n) is 5.21. The van der Waals surface area contributed by atoms with Crippen LogP contribution in [0.4, 0.5) is 0 Å². The second-order valence-electron chi connectivity index (χ2n) is 7.51. The highest BCUT2D eigenvalue weighted by atomic mass is 35.5. The van der Waals surface area contributed by atoms with Gasteiger partial charge in [-0.15, -0.1) is 0 Å². The van der Waals surface area contributed by atoms with Crippen molar-refractivity contribution in [3.05, 3.63) is 99.6 Å². The summed E-state index contributed by atoms with van der Waals surface area (Å²) in [4.78, 5) is 36.5. The molecule has 3 rings (SSSR count). The third-order valence-corrected chi connectivity index (χ3v) is 5.45. The molecule has 0 radical (unpaired) electrons. The maximum Gasteiger partial charge on any atom is 0.337 e. The lowest BCUT2D eigenvalue weighted by Crippen LogP contribution is -2.28. The van der Waals surface area contributed by atoms with Crippen LogP contribution in [0, 0.1) is 0 Å². The predicted octanol–water partition coefficient (Wildman–Crippen LogP) is 4.56. The summed E-state index contributed by atoms with van der Waals surface area (Å²) in [5.41, 5.74) is 2.75. The molecule has 0 bridgehead atoms. The summed E-state index contributed by atoms with van der Waals surface area (Å²) in [7, 11) is 2.88. The van der Waals surface area contributed by atoms with E-state index >= 15 is 0 Å². The van der Waals surface area contributed by atoms with Crippen molar-refractivity contribution in [2.45, 2.75) is 19.6 Å². The van der Waals surface area contributed by atoms with E-state index in [9.17, 15) is 14.4 Å². The lowest BCUT2D eigenvalue weighted by Gasteiger charge is -2.17. The molecule has 0 saturated carbocycles. The van der Waals surface area contributed by atoms with E-state index in [1.165, 1.54) is 7.11 Å². The molecular weight excluding hydrogens is 456 g/mol.